The number of carbonyl (C=O) groups is 2. The summed E-state index contributed by atoms with van der Waals surface area (Å²) in [5.74, 6) is -1.19. The van der Waals surface area contributed by atoms with Crippen molar-refractivity contribution in [3.05, 3.63) is 30.1 Å². The molecule has 0 radical (unpaired) electrons. The molecule has 0 unspecified atom stereocenters. The average molecular weight is 248 g/mol. The van der Waals surface area contributed by atoms with Gasteiger partial charge in [0.15, 0.2) is 0 Å². The molecule has 96 valence electrons. The molecule has 0 aliphatic heterocycles. The van der Waals surface area contributed by atoms with Crippen molar-refractivity contribution in [3.8, 4) is 0 Å². The van der Waals surface area contributed by atoms with E-state index in [1.807, 2.05) is 0 Å². The van der Waals surface area contributed by atoms with E-state index in [0.29, 0.717) is 12.8 Å². The smallest absolute Gasteiger partial charge is 0.329 e. The van der Waals surface area contributed by atoms with Crippen molar-refractivity contribution < 1.29 is 14.7 Å². The summed E-state index contributed by atoms with van der Waals surface area (Å²) >= 11 is 0. The minimum atomic E-state index is -1.06. The molecule has 0 saturated heterocycles. The van der Waals surface area contributed by atoms with Gasteiger partial charge in [-0.3, -0.25) is 9.78 Å². The van der Waals surface area contributed by atoms with Crippen molar-refractivity contribution in [1.82, 2.24) is 10.3 Å². The van der Waals surface area contributed by atoms with E-state index in [2.05, 4.69) is 10.3 Å². The van der Waals surface area contributed by atoms with E-state index in [-0.39, 0.29) is 12.3 Å². The van der Waals surface area contributed by atoms with Crippen LogP contribution >= 0.6 is 0 Å². The quantitative estimate of drug-likeness (QED) is 0.837. The fraction of sp³-hybridized carbons (Fsp3) is 0.462. The van der Waals surface area contributed by atoms with Crippen LogP contribution in [0.3, 0.4) is 0 Å². The first-order valence-corrected chi connectivity index (χ1v) is 6.06. The molecule has 1 heterocycles. The Morgan fingerprint density at radius 1 is 1.39 bits per heavy atom. The van der Waals surface area contributed by atoms with Gasteiger partial charge in [-0.2, -0.15) is 0 Å². The molecule has 2 N–H and O–H groups in total. The Balaban J connectivity index is 2.00. The molecule has 1 amide bonds. The van der Waals surface area contributed by atoms with Crippen molar-refractivity contribution in [3.63, 3.8) is 0 Å². The highest BCUT2D eigenvalue weighted by Crippen LogP contribution is 2.29. The van der Waals surface area contributed by atoms with E-state index >= 15 is 0 Å². The molecule has 2 rings (SSSR count). The van der Waals surface area contributed by atoms with Gasteiger partial charge in [0.1, 0.15) is 5.54 Å². The number of amides is 1. The van der Waals surface area contributed by atoms with Crippen molar-refractivity contribution in [2.24, 2.45) is 0 Å². The fourth-order valence-corrected chi connectivity index (χ4v) is 2.37. The Kier molecular flexibility index (Phi) is 3.60. The third-order valence-corrected chi connectivity index (χ3v) is 3.33. The molecule has 5 heteroatoms. The summed E-state index contributed by atoms with van der Waals surface area (Å²) in [6.07, 6.45) is 6.14. The number of rotatable bonds is 4. The van der Waals surface area contributed by atoms with E-state index < -0.39 is 11.5 Å². The Morgan fingerprint density at radius 3 is 2.67 bits per heavy atom. The zero-order valence-electron chi connectivity index (χ0n) is 10.1. The van der Waals surface area contributed by atoms with Gasteiger partial charge in [-0.05, 0) is 24.5 Å². The number of hydrogen-bond acceptors (Lipinski definition) is 3. The summed E-state index contributed by atoms with van der Waals surface area (Å²) in [5, 5.41) is 11.9. The zero-order chi connectivity index (χ0) is 13.0. The SMILES string of the molecule is O=C(Cc1cccnc1)NC1(C(=O)O)CCCC1. The summed E-state index contributed by atoms with van der Waals surface area (Å²) in [5.41, 5.74) is -0.271. The summed E-state index contributed by atoms with van der Waals surface area (Å²) in [6, 6.07) is 3.56. The van der Waals surface area contributed by atoms with Crippen LogP contribution in [0.5, 0.6) is 0 Å². The normalized spacial score (nSPS) is 17.3. The third-order valence-electron chi connectivity index (χ3n) is 3.33. The fourth-order valence-electron chi connectivity index (χ4n) is 2.37. The second-order valence-electron chi connectivity index (χ2n) is 4.68. The second kappa shape index (κ2) is 5.16. The van der Waals surface area contributed by atoms with Crippen molar-refractivity contribution in [1.29, 1.82) is 0 Å². The van der Waals surface area contributed by atoms with Gasteiger partial charge >= 0.3 is 5.97 Å². The number of carboxylic acid groups (broad SMARTS) is 1. The number of hydrogen-bond donors (Lipinski definition) is 2. The highest BCUT2D eigenvalue weighted by atomic mass is 16.4. The Morgan fingerprint density at radius 2 is 2.11 bits per heavy atom. The van der Waals surface area contributed by atoms with Crippen LogP contribution in [0, 0.1) is 0 Å². The number of carbonyl (C=O) groups excluding carboxylic acids is 1. The predicted octanol–water partition coefficient (Wildman–Crippen LogP) is 1.14. The lowest BCUT2D eigenvalue weighted by molar-refractivity contribution is -0.147. The van der Waals surface area contributed by atoms with Crippen LogP contribution in [0.2, 0.25) is 0 Å². The number of carboxylic acids is 1. The number of pyridine rings is 1. The van der Waals surface area contributed by atoms with Crippen LogP contribution in [0.4, 0.5) is 0 Å². The average Bonchev–Trinajstić information content (AvgIpc) is 2.80. The van der Waals surface area contributed by atoms with Crippen LogP contribution in [-0.4, -0.2) is 27.5 Å². The molecular weight excluding hydrogens is 232 g/mol. The molecule has 0 aromatic carbocycles. The molecule has 0 atom stereocenters. The lowest BCUT2D eigenvalue weighted by Gasteiger charge is -2.25. The highest BCUT2D eigenvalue weighted by molar-refractivity contribution is 5.88. The van der Waals surface area contributed by atoms with Gasteiger partial charge in [0.05, 0.1) is 6.42 Å². The number of aromatic nitrogens is 1. The molecule has 1 aliphatic rings. The van der Waals surface area contributed by atoms with E-state index in [1.165, 1.54) is 0 Å². The molecule has 1 fully saturated rings. The van der Waals surface area contributed by atoms with Crippen LogP contribution in [0.15, 0.2) is 24.5 Å². The molecule has 1 aromatic heterocycles. The van der Waals surface area contributed by atoms with E-state index in [0.717, 1.165) is 18.4 Å². The molecule has 0 bridgehead atoms. The zero-order valence-corrected chi connectivity index (χ0v) is 10.1. The van der Waals surface area contributed by atoms with Gasteiger partial charge in [-0.25, -0.2) is 4.79 Å². The topological polar surface area (TPSA) is 79.3 Å². The summed E-state index contributed by atoms with van der Waals surface area (Å²) < 4.78 is 0. The first kappa shape index (κ1) is 12.5. The van der Waals surface area contributed by atoms with Crippen LogP contribution in [0.1, 0.15) is 31.2 Å². The van der Waals surface area contributed by atoms with E-state index in [1.54, 1.807) is 24.5 Å². The molecule has 1 aliphatic carbocycles. The van der Waals surface area contributed by atoms with Gasteiger partial charge in [0.2, 0.25) is 5.91 Å². The van der Waals surface area contributed by atoms with Gasteiger partial charge in [-0.1, -0.05) is 18.9 Å². The van der Waals surface area contributed by atoms with Gasteiger partial charge < -0.3 is 10.4 Å². The second-order valence-corrected chi connectivity index (χ2v) is 4.68. The summed E-state index contributed by atoms with van der Waals surface area (Å²) in [6.45, 7) is 0. The standard InChI is InChI=1S/C13H16N2O3/c16-11(8-10-4-3-7-14-9-10)15-13(12(17)18)5-1-2-6-13/h3-4,7,9H,1-2,5-6,8H2,(H,15,16)(H,17,18). The van der Waals surface area contributed by atoms with E-state index in [4.69, 9.17) is 0 Å². The van der Waals surface area contributed by atoms with Crippen LogP contribution < -0.4 is 5.32 Å². The molecule has 18 heavy (non-hydrogen) atoms. The first-order valence-electron chi connectivity index (χ1n) is 6.06. The minimum absolute atomic E-state index is 0.170. The van der Waals surface area contributed by atoms with Crippen LogP contribution in [-0.2, 0) is 16.0 Å². The molecule has 1 aromatic rings. The maximum Gasteiger partial charge on any atom is 0.329 e. The van der Waals surface area contributed by atoms with Crippen molar-refractivity contribution >= 4 is 11.9 Å². The third kappa shape index (κ3) is 2.67. The predicted molar refractivity (Wildman–Crippen MR) is 64.9 cm³/mol. The Hall–Kier alpha value is -1.91. The van der Waals surface area contributed by atoms with Gasteiger partial charge in [-0.15, -0.1) is 0 Å². The van der Waals surface area contributed by atoms with Crippen molar-refractivity contribution in [2.75, 3.05) is 0 Å². The molecular formula is C13H16N2O3. The van der Waals surface area contributed by atoms with Gasteiger partial charge in [0, 0.05) is 12.4 Å². The maximum absolute atomic E-state index is 11.9. The van der Waals surface area contributed by atoms with Crippen molar-refractivity contribution in [2.45, 2.75) is 37.6 Å². The Bertz CT molecular complexity index is 439. The Labute approximate surface area is 105 Å². The molecule has 1 saturated carbocycles. The molecule has 0 spiro atoms. The number of aliphatic carboxylic acids is 1. The molecule has 5 nitrogen and oxygen atoms in total. The largest absolute Gasteiger partial charge is 0.480 e. The maximum atomic E-state index is 11.9. The number of nitrogens with zero attached hydrogens (tertiary/aromatic N) is 1. The lowest BCUT2D eigenvalue weighted by Crippen LogP contribution is -2.52. The van der Waals surface area contributed by atoms with Crippen LogP contribution in [0.25, 0.3) is 0 Å². The van der Waals surface area contributed by atoms with Gasteiger partial charge in [0.25, 0.3) is 0 Å². The highest BCUT2D eigenvalue weighted by Gasteiger charge is 2.42. The first-order chi connectivity index (χ1) is 8.62. The number of nitrogens with one attached hydrogen (secondary N) is 1. The summed E-state index contributed by atoms with van der Waals surface area (Å²) in [4.78, 5) is 27.1. The monoisotopic (exact) mass is 248 g/mol. The van der Waals surface area contributed by atoms with E-state index in [9.17, 15) is 14.7 Å². The minimum Gasteiger partial charge on any atom is -0.480 e. The summed E-state index contributed by atoms with van der Waals surface area (Å²) in [7, 11) is 0. The lowest BCUT2D eigenvalue weighted by atomic mass is 9.97.